The molecule has 2 heterocycles. The summed E-state index contributed by atoms with van der Waals surface area (Å²) in [5, 5.41) is 6.44. The molecule has 0 bridgehead atoms. The average Bonchev–Trinajstić information content (AvgIpc) is 2.73. The van der Waals surface area contributed by atoms with Gasteiger partial charge in [-0.15, -0.1) is 11.3 Å². The maximum absolute atomic E-state index is 5.82. The highest BCUT2D eigenvalue weighted by atomic mass is 79.9. The van der Waals surface area contributed by atoms with E-state index in [0.717, 1.165) is 5.01 Å². The third-order valence-corrected chi connectivity index (χ3v) is 3.68. The van der Waals surface area contributed by atoms with E-state index in [0.29, 0.717) is 22.0 Å². The third kappa shape index (κ3) is 2.64. The Balaban J connectivity index is 2.08. The van der Waals surface area contributed by atoms with Gasteiger partial charge >= 0.3 is 0 Å². The van der Waals surface area contributed by atoms with Crippen molar-refractivity contribution < 1.29 is 0 Å². The molecule has 78 valence electrons. The zero-order valence-electron chi connectivity index (χ0n) is 7.44. The number of nitrogens with one attached hydrogen (secondary N) is 1. The van der Waals surface area contributed by atoms with Crippen LogP contribution in [0.15, 0.2) is 22.4 Å². The van der Waals surface area contributed by atoms with Crippen LogP contribution < -0.4 is 5.32 Å². The highest BCUT2D eigenvalue weighted by molar-refractivity contribution is 9.10. The predicted octanol–water partition coefficient (Wildman–Crippen LogP) is 2.96. The summed E-state index contributed by atoms with van der Waals surface area (Å²) in [6.07, 6.45) is 3.18. The molecule has 0 saturated carbocycles. The van der Waals surface area contributed by atoms with E-state index in [9.17, 15) is 0 Å². The maximum Gasteiger partial charge on any atom is 0.148 e. The summed E-state index contributed by atoms with van der Waals surface area (Å²) in [5.41, 5.74) is 0. The molecular formula is C8H6BrClN4S. The molecule has 7 heteroatoms. The first kappa shape index (κ1) is 10.8. The minimum atomic E-state index is 0.395. The van der Waals surface area contributed by atoms with Crippen LogP contribution in [-0.2, 0) is 6.54 Å². The molecule has 0 saturated heterocycles. The Bertz CT molecular complexity index is 448. The van der Waals surface area contributed by atoms with E-state index in [1.165, 1.54) is 6.33 Å². The topological polar surface area (TPSA) is 50.7 Å². The Morgan fingerprint density at radius 1 is 1.40 bits per heavy atom. The van der Waals surface area contributed by atoms with Crippen molar-refractivity contribution in [3.8, 4) is 0 Å². The Hall–Kier alpha value is -0.720. The molecule has 1 N–H and O–H groups in total. The van der Waals surface area contributed by atoms with Gasteiger partial charge in [0.15, 0.2) is 0 Å². The lowest BCUT2D eigenvalue weighted by atomic mass is 10.5. The summed E-state index contributed by atoms with van der Waals surface area (Å²) < 4.78 is 0.670. The second-order valence-electron chi connectivity index (χ2n) is 2.61. The van der Waals surface area contributed by atoms with Crippen molar-refractivity contribution in [2.45, 2.75) is 6.54 Å². The van der Waals surface area contributed by atoms with E-state index in [4.69, 9.17) is 11.6 Å². The van der Waals surface area contributed by atoms with Gasteiger partial charge in [0.05, 0.1) is 11.0 Å². The van der Waals surface area contributed by atoms with E-state index in [1.54, 1.807) is 17.5 Å². The van der Waals surface area contributed by atoms with Crippen molar-refractivity contribution in [1.82, 2.24) is 15.0 Å². The van der Waals surface area contributed by atoms with Gasteiger partial charge in [0.2, 0.25) is 0 Å². The maximum atomic E-state index is 5.82. The lowest BCUT2D eigenvalue weighted by Gasteiger charge is -2.05. The molecule has 0 aliphatic carbocycles. The number of nitrogens with zero attached hydrogens (tertiary/aromatic N) is 3. The molecule has 0 aliphatic heterocycles. The Kier molecular flexibility index (Phi) is 3.50. The summed E-state index contributed by atoms with van der Waals surface area (Å²) in [6.45, 7) is 0.629. The van der Waals surface area contributed by atoms with Gasteiger partial charge in [-0.25, -0.2) is 15.0 Å². The monoisotopic (exact) mass is 304 g/mol. The summed E-state index contributed by atoms with van der Waals surface area (Å²) >= 11 is 10.7. The lowest BCUT2D eigenvalue weighted by molar-refractivity contribution is 1.05. The standard InChI is InChI=1S/C8H6BrClN4S/c9-6-7(10)13-4-14-8(6)12-3-5-11-1-2-15-5/h1-2,4H,3H2,(H,12,13,14). The number of anilines is 1. The molecule has 0 radical (unpaired) electrons. The SMILES string of the molecule is Clc1ncnc(NCc2nccs2)c1Br. The predicted molar refractivity (Wildman–Crippen MR) is 64.2 cm³/mol. The number of aromatic nitrogens is 3. The third-order valence-electron chi connectivity index (χ3n) is 1.64. The average molecular weight is 306 g/mol. The summed E-state index contributed by atoms with van der Waals surface area (Å²) in [6, 6.07) is 0. The van der Waals surface area contributed by atoms with Crippen LogP contribution in [-0.4, -0.2) is 15.0 Å². The molecule has 2 aromatic heterocycles. The number of hydrogen-bond donors (Lipinski definition) is 1. The van der Waals surface area contributed by atoms with Gasteiger partial charge in [0, 0.05) is 11.6 Å². The normalized spacial score (nSPS) is 10.3. The molecule has 4 nitrogen and oxygen atoms in total. The fourth-order valence-electron chi connectivity index (χ4n) is 0.971. The Labute approximate surface area is 104 Å². The zero-order chi connectivity index (χ0) is 10.7. The van der Waals surface area contributed by atoms with Crippen LogP contribution in [0.2, 0.25) is 5.15 Å². The molecule has 0 aromatic carbocycles. The van der Waals surface area contributed by atoms with Crippen molar-refractivity contribution in [2.24, 2.45) is 0 Å². The Morgan fingerprint density at radius 3 is 3.00 bits per heavy atom. The Morgan fingerprint density at radius 2 is 2.27 bits per heavy atom. The van der Waals surface area contributed by atoms with E-state index < -0.39 is 0 Å². The second kappa shape index (κ2) is 4.87. The molecule has 2 rings (SSSR count). The highest BCUT2D eigenvalue weighted by Crippen LogP contribution is 2.26. The van der Waals surface area contributed by atoms with Gasteiger partial charge in [-0.1, -0.05) is 11.6 Å². The number of rotatable bonds is 3. The molecule has 15 heavy (non-hydrogen) atoms. The summed E-state index contributed by atoms with van der Waals surface area (Å²) in [4.78, 5) is 12.0. The second-order valence-corrected chi connectivity index (χ2v) is 4.74. The first-order chi connectivity index (χ1) is 7.27. The summed E-state index contributed by atoms with van der Waals surface area (Å²) in [5.74, 6) is 0.671. The molecule has 0 amide bonds. The first-order valence-electron chi connectivity index (χ1n) is 4.05. The van der Waals surface area contributed by atoms with Crippen LogP contribution in [0.4, 0.5) is 5.82 Å². The molecule has 0 spiro atoms. The molecule has 2 aromatic rings. The van der Waals surface area contributed by atoms with Crippen molar-refractivity contribution >= 4 is 44.7 Å². The van der Waals surface area contributed by atoms with E-state index in [1.807, 2.05) is 5.38 Å². The molecular weight excluding hydrogens is 300 g/mol. The molecule has 0 aliphatic rings. The van der Waals surface area contributed by atoms with E-state index in [-0.39, 0.29) is 0 Å². The van der Waals surface area contributed by atoms with Crippen molar-refractivity contribution in [3.63, 3.8) is 0 Å². The first-order valence-corrected chi connectivity index (χ1v) is 6.10. The highest BCUT2D eigenvalue weighted by Gasteiger charge is 2.06. The quantitative estimate of drug-likeness (QED) is 0.886. The van der Waals surface area contributed by atoms with Crippen molar-refractivity contribution in [2.75, 3.05) is 5.32 Å². The fraction of sp³-hybridized carbons (Fsp3) is 0.125. The van der Waals surface area contributed by atoms with Crippen LogP contribution in [0.5, 0.6) is 0 Å². The fourth-order valence-corrected chi connectivity index (χ4v) is 2.01. The minimum Gasteiger partial charge on any atom is -0.362 e. The minimum absolute atomic E-state index is 0.395. The number of thiazole rings is 1. The van der Waals surface area contributed by atoms with Crippen LogP contribution in [0.1, 0.15) is 5.01 Å². The molecule has 0 atom stereocenters. The van der Waals surface area contributed by atoms with Gasteiger partial charge in [-0.05, 0) is 15.9 Å². The molecule has 0 fully saturated rings. The zero-order valence-corrected chi connectivity index (χ0v) is 10.6. The van der Waals surface area contributed by atoms with E-state index >= 15 is 0 Å². The van der Waals surface area contributed by atoms with Crippen LogP contribution in [0.3, 0.4) is 0 Å². The van der Waals surface area contributed by atoms with Crippen LogP contribution in [0.25, 0.3) is 0 Å². The number of hydrogen-bond acceptors (Lipinski definition) is 5. The smallest absolute Gasteiger partial charge is 0.148 e. The van der Waals surface area contributed by atoms with Gasteiger partial charge < -0.3 is 5.32 Å². The summed E-state index contributed by atoms with van der Waals surface area (Å²) in [7, 11) is 0. The van der Waals surface area contributed by atoms with Crippen molar-refractivity contribution in [3.05, 3.63) is 32.5 Å². The lowest BCUT2D eigenvalue weighted by Crippen LogP contribution is -2.02. The van der Waals surface area contributed by atoms with Crippen molar-refractivity contribution in [1.29, 1.82) is 0 Å². The van der Waals surface area contributed by atoms with Crippen LogP contribution >= 0.6 is 38.9 Å². The number of halogens is 2. The van der Waals surface area contributed by atoms with Crippen LogP contribution in [0, 0.1) is 0 Å². The van der Waals surface area contributed by atoms with Gasteiger partial charge in [0.25, 0.3) is 0 Å². The largest absolute Gasteiger partial charge is 0.362 e. The van der Waals surface area contributed by atoms with Gasteiger partial charge in [-0.2, -0.15) is 0 Å². The van der Waals surface area contributed by atoms with E-state index in [2.05, 4.69) is 36.2 Å². The molecule has 0 unspecified atom stereocenters. The van der Waals surface area contributed by atoms with Gasteiger partial charge in [-0.3, -0.25) is 0 Å². The van der Waals surface area contributed by atoms with Gasteiger partial charge in [0.1, 0.15) is 22.3 Å².